The van der Waals surface area contributed by atoms with Crippen molar-refractivity contribution in [2.75, 3.05) is 25.0 Å². The number of phenols is 1. The van der Waals surface area contributed by atoms with Gasteiger partial charge in [-0.15, -0.1) is 0 Å². The minimum atomic E-state index is 0.353. The van der Waals surface area contributed by atoms with E-state index in [0.717, 1.165) is 23.7 Å². The molecule has 0 fully saturated rings. The van der Waals surface area contributed by atoms with E-state index in [9.17, 15) is 5.11 Å². The second kappa shape index (κ2) is 6.00. The second-order valence-corrected chi connectivity index (χ2v) is 6.55. The van der Waals surface area contributed by atoms with Gasteiger partial charge in [0.25, 0.3) is 0 Å². The molecule has 3 nitrogen and oxygen atoms in total. The summed E-state index contributed by atoms with van der Waals surface area (Å²) in [5.74, 6) is 0.838. The number of rotatable bonds is 4. The molecule has 1 atom stereocenters. The molecule has 0 saturated heterocycles. The Balaban J connectivity index is 2.05. The van der Waals surface area contributed by atoms with Crippen LogP contribution in [-0.2, 0) is 0 Å². The molecule has 0 saturated carbocycles. The summed E-state index contributed by atoms with van der Waals surface area (Å²) in [4.78, 5) is 4.61. The Morgan fingerprint density at radius 3 is 2.71 bits per heavy atom. The Kier molecular flexibility index (Phi) is 4.08. The van der Waals surface area contributed by atoms with Crippen LogP contribution in [0.25, 0.3) is 0 Å². The molecule has 0 aliphatic carbocycles. The third-order valence-electron chi connectivity index (χ3n) is 3.67. The highest BCUT2D eigenvalue weighted by Crippen LogP contribution is 2.51. The molecule has 3 rings (SSSR count). The van der Waals surface area contributed by atoms with Crippen LogP contribution in [-0.4, -0.2) is 25.2 Å². The zero-order chi connectivity index (χ0) is 14.8. The van der Waals surface area contributed by atoms with Crippen molar-refractivity contribution in [2.45, 2.75) is 16.7 Å². The van der Waals surface area contributed by atoms with E-state index in [0.29, 0.717) is 11.7 Å². The van der Waals surface area contributed by atoms with Gasteiger partial charge in [-0.05, 0) is 43.8 Å². The van der Waals surface area contributed by atoms with Crippen molar-refractivity contribution in [2.24, 2.45) is 5.92 Å². The molecule has 110 valence electrons. The lowest BCUT2D eigenvalue weighted by atomic mass is 10.1. The molecule has 0 aromatic heterocycles. The van der Waals surface area contributed by atoms with E-state index in [1.54, 1.807) is 17.8 Å². The number of para-hydroxylation sites is 2. The van der Waals surface area contributed by atoms with Gasteiger partial charge in [-0.25, -0.2) is 0 Å². The number of benzene rings is 2. The van der Waals surface area contributed by atoms with Gasteiger partial charge in [0.2, 0.25) is 0 Å². The van der Waals surface area contributed by atoms with Gasteiger partial charge in [-0.2, -0.15) is 0 Å². The lowest BCUT2D eigenvalue weighted by molar-refractivity contribution is 0.470. The number of anilines is 2. The third-order valence-corrected chi connectivity index (χ3v) is 4.78. The summed E-state index contributed by atoms with van der Waals surface area (Å²) >= 11 is 1.72. The number of nitrogens with zero attached hydrogens (tertiary/aromatic N) is 1. The number of fused-ring (bicyclic) bond motifs is 2. The van der Waals surface area contributed by atoms with Crippen molar-refractivity contribution < 1.29 is 5.11 Å². The van der Waals surface area contributed by atoms with Crippen LogP contribution in [0.5, 0.6) is 5.75 Å². The minimum Gasteiger partial charge on any atom is -0.506 e. The van der Waals surface area contributed by atoms with Gasteiger partial charge in [-0.1, -0.05) is 36.9 Å². The zero-order valence-corrected chi connectivity index (χ0v) is 13.2. The molecule has 21 heavy (non-hydrogen) atoms. The van der Waals surface area contributed by atoms with E-state index in [2.05, 4.69) is 47.5 Å². The first-order valence-electron chi connectivity index (χ1n) is 7.21. The Morgan fingerprint density at radius 1 is 1.14 bits per heavy atom. The van der Waals surface area contributed by atoms with Crippen LogP contribution in [0.1, 0.15) is 6.92 Å². The molecule has 0 radical (unpaired) electrons. The van der Waals surface area contributed by atoms with Gasteiger partial charge in [0.05, 0.1) is 11.4 Å². The molecule has 0 spiro atoms. The average molecular weight is 300 g/mol. The summed E-state index contributed by atoms with van der Waals surface area (Å²) in [6, 6.07) is 14.1. The molecule has 1 unspecified atom stereocenters. The first-order valence-corrected chi connectivity index (χ1v) is 8.03. The van der Waals surface area contributed by atoms with E-state index in [1.165, 1.54) is 10.6 Å². The highest BCUT2D eigenvalue weighted by molar-refractivity contribution is 7.99. The van der Waals surface area contributed by atoms with Crippen LogP contribution >= 0.6 is 11.8 Å². The van der Waals surface area contributed by atoms with Crippen LogP contribution in [0, 0.1) is 5.92 Å². The van der Waals surface area contributed by atoms with E-state index in [-0.39, 0.29) is 0 Å². The van der Waals surface area contributed by atoms with E-state index >= 15 is 0 Å². The maximum absolute atomic E-state index is 10.3. The largest absolute Gasteiger partial charge is 0.506 e. The SMILES string of the molecule is CNCC(C)CN1c2ccccc2Sc2cccc(O)c21. The molecule has 1 aliphatic heterocycles. The van der Waals surface area contributed by atoms with E-state index in [4.69, 9.17) is 0 Å². The number of hydrogen-bond acceptors (Lipinski definition) is 4. The smallest absolute Gasteiger partial charge is 0.140 e. The Labute approximate surface area is 130 Å². The summed E-state index contributed by atoms with van der Waals surface area (Å²) in [6.07, 6.45) is 0. The zero-order valence-electron chi connectivity index (χ0n) is 12.3. The first-order chi connectivity index (χ1) is 10.2. The van der Waals surface area contributed by atoms with Gasteiger partial charge in [-0.3, -0.25) is 0 Å². The first kappa shape index (κ1) is 14.3. The fourth-order valence-electron chi connectivity index (χ4n) is 2.78. The van der Waals surface area contributed by atoms with Gasteiger partial charge >= 0.3 is 0 Å². The molecule has 0 amide bonds. The summed E-state index contributed by atoms with van der Waals surface area (Å²) in [5, 5.41) is 13.5. The quantitative estimate of drug-likeness (QED) is 0.899. The maximum Gasteiger partial charge on any atom is 0.140 e. The summed E-state index contributed by atoms with van der Waals surface area (Å²) in [5.41, 5.74) is 2.11. The van der Waals surface area contributed by atoms with Crippen molar-refractivity contribution in [3.63, 3.8) is 0 Å². The standard InChI is InChI=1S/C17H20N2OS/c1-12(10-18-2)11-19-13-6-3-4-8-15(13)21-16-9-5-7-14(20)17(16)19/h3-9,12,18,20H,10-11H2,1-2H3. The van der Waals surface area contributed by atoms with Crippen LogP contribution < -0.4 is 10.2 Å². The summed E-state index contributed by atoms with van der Waals surface area (Å²) in [6.45, 7) is 4.05. The summed E-state index contributed by atoms with van der Waals surface area (Å²) < 4.78 is 0. The topological polar surface area (TPSA) is 35.5 Å². The van der Waals surface area contributed by atoms with Gasteiger partial charge in [0.1, 0.15) is 5.75 Å². The normalized spacial score (nSPS) is 14.5. The Morgan fingerprint density at radius 2 is 1.90 bits per heavy atom. The summed E-state index contributed by atoms with van der Waals surface area (Å²) in [7, 11) is 1.97. The van der Waals surface area contributed by atoms with Crippen molar-refractivity contribution >= 4 is 23.1 Å². The number of nitrogens with one attached hydrogen (secondary N) is 1. The van der Waals surface area contributed by atoms with Gasteiger partial charge in [0.15, 0.2) is 0 Å². The molecule has 4 heteroatoms. The molecule has 1 heterocycles. The molecule has 1 aliphatic rings. The highest BCUT2D eigenvalue weighted by Gasteiger charge is 2.26. The monoisotopic (exact) mass is 300 g/mol. The lowest BCUT2D eigenvalue weighted by Crippen LogP contribution is -2.30. The number of aromatic hydroxyl groups is 1. The number of hydrogen-bond donors (Lipinski definition) is 2. The fraction of sp³-hybridized carbons (Fsp3) is 0.294. The minimum absolute atomic E-state index is 0.353. The molecular weight excluding hydrogens is 280 g/mol. The van der Waals surface area contributed by atoms with Crippen LogP contribution in [0.4, 0.5) is 11.4 Å². The Bertz CT molecular complexity index is 644. The lowest BCUT2D eigenvalue weighted by Gasteiger charge is -2.34. The van der Waals surface area contributed by atoms with Crippen LogP contribution in [0.15, 0.2) is 52.3 Å². The average Bonchev–Trinajstić information content (AvgIpc) is 2.47. The molecule has 2 aromatic carbocycles. The molecule has 2 N–H and O–H groups in total. The Hall–Kier alpha value is -1.65. The van der Waals surface area contributed by atoms with E-state index in [1.807, 2.05) is 13.1 Å². The van der Waals surface area contributed by atoms with Gasteiger partial charge in [0, 0.05) is 16.3 Å². The van der Waals surface area contributed by atoms with Crippen LogP contribution in [0.2, 0.25) is 0 Å². The van der Waals surface area contributed by atoms with Crippen molar-refractivity contribution in [1.29, 1.82) is 0 Å². The molecule has 0 bridgehead atoms. The van der Waals surface area contributed by atoms with Crippen molar-refractivity contribution in [1.82, 2.24) is 5.32 Å². The predicted molar refractivity (Wildman–Crippen MR) is 88.8 cm³/mol. The third kappa shape index (κ3) is 2.74. The fourth-order valence-corrected chi connectivity index (χ4v) is 3.91. The highest BCUT2D eigenvalue weighted by atomic mass is 32.2. The maximum atomic E-state index is 10.3. The van der Waals surface area contributed by atoms with Crippen molar-refractivity contribution in [3.8, 4) is 5.75 Å². The van der Waals surface area contributed by atoms with Crippen molar-refractivity contribution in [3.05, 3.63) is 42.5 Å². The van der Waals surface area contributed by atoms with Crippen LogP contribution in [0.3, 0.4) is 0 Å². The number of phenolic OH excluding ortho intramolecular Hbond substituents is 1. The second-order valence-electron chi connectivity index (χ2n) is 5.47. The van der Waals surface area contributed by atoms with Gasteiger partial charge < -0.3 is 15.3 Å². The predicted octanol–water partition coefficient (Wildman–Crippen LogP) is 3.85. The van der Waals surface area contributed by atoms with E-state index < -0.39 is 0 Å². The molecule has 2 aromatic rings. The molecular formula is C17H20N2OS.